The van der Waals surface area contributed by atoms with Crippen LogP contribution in [0.3, 0.4) is 0 Å². The maximum absolute atomic E-state index is 14.4. The Balaban J connectivity index is 1.11. The third-order valence-electron chi connectivity index (χ3n) is 9.36. The highest BCUT2D eigenvalue weighted by molar-refractivity contribution is 6.30. The van der Waals surface area contributed by atoms with Gasteiger partial charge >= 0.3 is 0 Å². The third kappa shape index (κ3) is 5.14. The number of hydrogen-bond acceptors (Lipinski definition) is 4. The molecule has 2 saturated carbocycles. The molecule has 4 aliphatic rings. The van der Waals surface area contributed by atoms with Gasteiger partial charge in [0, 0.05) is 31.9 Å². The molecule has 2 aliphatic heterocycles. The fourth-order valence-electron chi connectivity index (χ4n) is 6.80. The van der Waals surface area contributed by atoms with Crippen molar-refractivity contribution in [1.29, 1.82) is 0 Å². The molecule has 0 radical (unpaired) electrons. The summed E-state index contributed by atoms with van der Waals surface area (Å²) in [5.74, 6) is -1.65. The third-order valence-corrected chi connectivity index (χ3v) is 9.56. The van der Waals surface area contributed by atoms with E-state index in [1.807, 2.05) is 0 Å². The lowest BCUT2D eigenvalue weighted by Gasteiger charge is -2.39. The number of nitrogens with zero attached hydrogens (tertiary/aromatic N) is 3. The van der Waals surface area contributed by atoms with E-state index in [1.54, 1.807) is 11.0 Å². The summed E-state index contributed by atoms with van der Waals surface area (Å²) in [4.78, 5) is 46.1. The van der Waals surface area contributed by atoms with Crippen molar-refractivity contribution in [2.75, 3.05) is 24.5 Å². The minimum Gasteiger partial charge on any atom is -0.349 e. The Kier molecular flexibility index (Phi) is 7.43. The second-order valence-corrected chi connectivity index (χ2v) is 12.4. The van der Waals surface area contributed by atoms with Crippen molar-refractivity contribution in [3.8, 4) is 0 Å². The van der Waals surface area contributed by atoms with E-state index in [0.717, 1.165) is 11.8 Å². The van der Waals surface area contributed by atoms with Crippen LogP contribution in [0.15, 0.2) is 30.5 Å². The Morgan fingerprint density at radius 2 is 1.76 bits per heavy atom. The Labute approximate surface area is 245 Å². The van der Waals surface area contributed by atoms with Crippen LogP contribution in [-0.4, -0.2) is 59.0 Å². The van der Waals surface area contributed by atoms with Gasteiger partial charge in [-0.25, -0.2) is 17.6 Å². The summed E-state index contributed by atoms with van der Waals surface area (Å²) in [6.07, 6.45) is 1.84. The van der Waals surface area contributed by atoms with Gasteiger partial charge in [0.1, 0.15) is 11.5 Å². The number of alkyl halides is 3. The SMILES string of the molecule is O=C(NC1CCC(CN2C(=O)C3(CCN(C(=O)C4(F)CC4)CC3)c3ccc(F)cc32)CC1)c1cc(Cl)cnc1C(F)F. The number of likely N-dealkylation sites (tertiary alicyclic amines) is 1. The van der Waals surface area contributed by atoms with Crippen LogP contribution in [0.25, 0.3) is 0 Å². The number of piperidine rings is 1. The molecule has 3 fully saturated rings. The summed E-state index contributed by atoms with van der Waals surface area (Å²) in [5.41, 5.74) is -2.24. The molecular formula is C30H31ClF4N4O3. The Morgan fingerprint density at radius 1 is 1.07 bits per heavy atom. The topological polar surface area (TPSA) is 82.6 Å². The van der Waals surface area contributed by atoms with Crippen LogP contribution in [0.1, 0.15) is 79.4 Å². The van der Waals surface area contributed by atoms with Gasteiger partial charge in [-0.1, -0.05) is 17.7 Å². The predicted octanol–water partition coefficient (Wildman–Crippen LogP) is 5.51. The van der Waals surface area contributed by atoms with Crippen LogP contribution >= 0.6 is 11.6 Å². The minimum atomic E-state index is -2.92. The lowest BCUT2D eigenvalue weighted by molar-refractivity contribution is -0.141. The average molecular weight is 607 g/mol. The molecule has 0 unspecified atom stereocenters. The van der Waals surface area contributed by atoms with E-state index in [1.165, 1.54) is 23.1 Å². The number of anilines is 1. The molecule has 1 saturated heterocycles. The molecule has 42 heavy (non-hydrogen) atoms. The van der Waals surface area contributed by atoms with Gasteiger partial charge in [0.05, 0.1) is 21.7 Å². The van der Waals surface area contributed by atoms with Crippen molar-refractivity contribution in [1.82, 2.24) is 15.2 Å². The molecule has 1 spiro atoms. The number of carbonyl (C=O) groups excluding carboxylic acids is 3. The summed E-state index contributed by atoms with van der Waals surface area (Å²) in [6.45, 7) is 0.907. The summed E-state index contributed by atoms with van der Waals surface area (Å²) >= 11 is 5.89. The Bertz CT molecular complexity index is 1420. The molecule has 2 aromatic rings. The molecule has 1 aromatic heterocycles. The lowest BCUT2D eigenvalue weighted by Crippen LogP contribution is -2.52. The van der Waals surface area contributed by atoms with Gasteiger partial charge in [-0.05, 0) is 81.0 Å². The maximum atomic E-state index is 14.4. The molecule has 0 atom stereocenters. The molecule has 3 heterocycles. The van der Waals surface area contributed by atoms with Crippen molar-refractivity contribution in [3.63, 3.8) is 0 Å². The first-order chi connectivity index (χ1) is 20.0. The monoisotopic (exact) mass is 606 g/mol. The normalized spacial score (nSPS) is 24.2. The first kappa shape index (κ1) is 28.9. The van der Waals surface area contributed by atoms with Crippen LogP contribution < -0.4 is 10.2 Å². The summed E-state index contributed by atoms with van der Waals surface area (Å²) < 4.78 is 55.5. The van der Waals surface area contributed by atoms with Gasteiger partial charge < -0.3 is 15.1 Å². The van der Waals surface area contributed by atoms with Crippen LogP contribution in [0, 0.1) is 11.7 Å². The van der Waals surface area contributed by atoms with Crippen molar-refractivity contribution >= 4 is 35.0 Å². The van der Waals surface area contributed by atoms with Crippen molar-refractivity contribution in [3.05, 3.63) is 58.1 Å². The number of hydrogen-bond donors (Lipinski definition) is 1. The first-order valence-corrected chi connectivity index (χ1v) is 14.7. The zero-order chi connectivity index (χ0) is 29.8. The molecule has 0 bridgehead atoms. The highest BCUT2D eigenvalue weighted by Crippen LogP contribution is 2.50. The van der Waals surface area contributed by atoms with Crippen LogP contribution in [0.2, 0.25) is 5.02 Å². The smallest absolute Gasteiger partial charge is 0.281 e. The number of rotatable bonds is 6. The number of aromatic nitrogens is 1. The fourth-order valence-corrected chi connectivity index (χ4v) is 6.95. The number of nitrogens with one attached hydrogen (secondary N) is 1. The number of amides is 3. The van der Waals surface area contributed by atoms with E-state index < -0.39 is 40.8 Å². The van der Waals surface area contributed by atoms with E-state index >= 15 is 0 Å². The standard InChI is InChI=1S/C30H31ClF4N4O3/c31-18-13-21(24(25(33)34)36-15-18)26(40)37-20-4-1-17(2-5-20)16-39-23-14-19(32)3-6-22(23)29(27(39)41)9-11-38(12-10-29)28(42)30(35)7-8-30/h3,6,13-15,17,20,25H,1-2,4-5,7-12,16H2,(H,37,40). The Hall–Kier alpha value is -3.21. The molecule has 1 aromatic carbocycles. The Morgan fingerprint density at radius 3 is 2.40 bits per heavy atom. The number of pyridine rings is 1. The van der Waals surface area contributed by atoms with E-state index in [4.69, 9.17) is 11.6 Å². The summed E-state index contributed by atoms with van der Waals surface area (Å²) in [5, 5.41) is 2.91. The van der Waals surface area contributed by atoms with Crippen molar-refractivity contribution in [2.24, 2.45) is 5.92 Å². The van der Waals surface area contributed by atoms with Gasteiger partial charge in [0.2, 0.25) is 5.91 Å². The maximum Gasteiger partial charge on any atom is 0.281 e. The van der Waals surface area contributed by atoms with E-state index in [2.05, 4.69) is 10.3 Å². The quantitative estimate of drug-likeness (QED) is 0.440. The van der Waals surface area contributed by atoms with Crippen LogP contribution in [0.4, 0.5) is 23.2 Å². The van der Waals surface area contributed by atoms with Crippen LogP contribution in [-0.2, 0) is 15.0 Å². The fraction of sp³-hybridized carbons (Fsp3) is 0.533. The van der Waals surface area contributed by atoms with Gasteiger partial charge in [0.25, 0.3) is 18.2 Å². The second-order valence-electron chi connectivity index (χ2n) is 12.0. The number of benzene rings is 1. The largest absolute Gasteiger partial charge is 0.349 e. The zero-order valence-electron chi connectivity index (χ0n) is 22.9. The number of fused-ring (bicyclic) bond motifs is 2. The van der Waals surface area contributed by atoms with E-state index in [9.17, 15) is 31.9 Å². The molecule has 2 aliphatic carbocycles. The van der Waals surface area contributed by atoms with Gasteiger partial charge in [-0.15, -0.1) is 0 Å². The van der Waals surface area contributed by atoms with Gasteiger partial charge in [-0.2, -0.15) is 0 Å². The van der Waals surface area contributed by atoms with E-state index in [-0.39, 0.29) is 54.4 Å². The molecule has 12 heteroatoms. The first-order valence-electron chi connectivity index (χ1n) is 14.4. The van der Waals surface area contributed by atoms with Crippen LogP contribution in [0.5, 0.6) is 0 Å². The number of halogens is 5. The molecule has 3 amide bonds. The summed E-state index contributed by atoms with van der Waals surface area (Å²) in [7, 11) is 0. The van der Waals surface area contributed by atoms with Crippen molar-refractivity contribution < 1.29 is 31.9 Å². The highest BCUT2D eigenvalue weighted by Gasteiger charge is 2.57. The molecular weight excluding hydrogens is 576 g/mol. The van der Waals surface area contributed by atoms with Gasteiger partial charge in [-0.3, -0.25) is 19.4 Å². The van der Waals surface area contributed by atoms with Gasteiger partial charge in [0.15, 0.2) is 5.67 Å². The summed E-state index contributed by atoms with van der Waals surface area (Å²) in [6, 6.07) is 5.33. The number of carbonyl (C=O) groups is 3. The van der Waals surface area contributed by atoms with Crippen molar-refractivity contribution in [2.45, 2.75) is 74.9 Å². The minimum absolute atomic E-state index is 0.0840. The predicted molar refractivity (Wildman–Crippen MR) is 147 cm³/mol. The lowest BCUT2D eigenvalue weighted by atomic mass is 9.73. The zero-order valence-corrected chi connectivity index (χ0v) is 23.6. The second kappa shape index (κ2) is 10.8. The highest BCUT2D eigenvalue weighted by atomic mass is 35.5. The van der Waals surface area contributed by atoms with E-state index in [0.29, 0.717) is 50.8 Å². The molecule has 224 valence electrons. The average Bonchev–Trinajstić information content (AvgIpc) is 3.69. The molecule has 6 rings (SSSR count). The molecule has 1 N–H and O–H groups in total. The molecule has 7 nitrogen and oxygen atoms in total.